The molecule has 0 unspecified atom stereocenters. The standard InChI is InChI=1S/C20H25N3O4/c1-4-17(16-9-10-18(25)13(3)20(16)27)21-22-19(26)12-23(5-2)14-7-6-8-15(24)11-14/h6-11,24-25,27H,4-5,12H2,1-3H3,(H,22,26)/b21-17+. The van der Waals surface area contributed by atoms with Gasteiger partial charge in [0.15, 0.2) is 0 Å². The van der Waals surface area contributed by atoms with Gasteiger partial charge < -0.3 is 20.2 Å². The lowest BCUT2D eigenvalue weighted by Crippen LogP contribution is -2.35. The van der Waals surface area contributed by atoms with Crippen LogP contribution in [0, 0.1) is 6.92 Å². The van der Waals surface area contributed by atoms with Crippen molar-refractivity contribution in [3.8, 4) is 17.2 Å². The monoisotopic (exact) mass is 371 g/mol. The fourth-order valence-corrected chi connectivity index (χ4v) is 2.67. The van der Waals surface area contributed by atoms with Crippen LogP contribution in [0.3, 0.4) is 0 Å². The van der Waals surface area contributed by atoms with E-state index in [2.05, 4.69) is 10.5 Å². The van der Waals surface area contributed by atoms with Crippen LogP contribution in [0.5, 0.6) is 17.2 Å². The molecule has 1 amide bonds. The van der Waals surface area contributed by atoms with Crippen molar-refractivity contribution in [2.75, 3.05) is 18.0 Å². The number of hydrazone groups is 1. The largest absolute Gasteiger partial charge is 0.508 e. The molecule has 0 saturated carbocycles. The van der Waals surface area contributed by atoms with Crippen molar-refractivity contribution in [3.05, 3.63) is 47.5 Å². The van der Waals surface area contributed by atoms with Gasteiger partial charge in [0.05, 0.1) is 12.3 Å². The van der Waals surface area contributed by atoms with Gasteiger partial charge in [-0.3, -0.25) is 4.79 Å². The van der Waals surface area contributed by atoms with Gasteiger partial charge >= 0.3 is 0 Å². The molecule has 0 radical (unpaired) electrons. The van der Waals surface area contributed by atoms with Gasteiger partial charge in [-0.1, -0.05) is 13.0 Å². The minimum atomic E-state index is -0.318. The van der Waals surface area contributed by atoms with Crippen LogP contribution in [-0.2, 0) is 4.79 Å². The zero-order valence-electron chi connectivity index (χ0n) is 15.7. The van der Waals surface area contributed by atoms with E-state index in [1.54, 1.807) is 36.1 Å². The van der Waals surface area contributed by atoms with Crippen molar-refractivity contribution >= 4 is 17.3 Å². The van der Waals surface area contributed by atoms with Crippen molar-refractivity contribution in [2.45, 2.75) is 27.2 Å². The molecule has 0 atom stereocenters. The normalized spacial score (nSPS) is 11.3. The second-order valence-electron chi connectivity index (χ2n) is 6.09. The highest BCUT2D eigenvalue weighted by molar-refractivity contribution is 6.03. The van der Waals surface area contributed by atoms with E-state index in [-0.39, 0.29) is 29.7 Å². The van der Waals surface area contributed by atoms with Crippen LogP contribution in [0.1, 0.15) is 31.4 Å². The summed E-state index contributed by atoms with van der Waals surface area (Å²) in [6.07, 6.45) is 0.488. The highest BCUT2D eigenvalue weighted by Crippen LogP contribution is 2.30. The van der Waals surface area contributed by atoms with Crippen LogP contribution in [0.2, 0.25) is 0 Å². The first kappa shape index (κ1) is 20.1. The van der Waals surface area contributed by atoms with Crippen LogP contribution >= 0.6 is 0 Å². The van der Waals surface area contributed by atoms with Crippen LogP contribution < -0.4 is 10.3 Å². The third kappa shape index (κ3) is 4.91. The summed E-state index contributed by atoms with van der Waals surface area (Å²) in [5.74, 6) is -0.239. The number of amides is 1. The number of phenolic OH excluding ortho intramolecular Hbond substituents is 3. The fraction of sp³-hybridized carbons (Fsp3) is 0.300. The highest BCUT2D eigenvalue weighted by Gasteiger charge is 2.14. The number of phenols is 3. The number of hydrogen-bond acceptors (Lipinski definition) is 6. The lowest BCUT2D eigenvalue weighted by Gasteiger charge is -2.22. The quantitative estimate of drug-likeness (QED) is 0.442. The minimum absolute atomic E-state index is 0.000407. The maximum atomic E-state index is 12.3. The molecule has 0 aromatic heterocycles. The number of anilines is 1. The van der Waals surface area contributed by atoms with Gasteiger partial charge in [0.2, 0.25) is 0 Å². The van der Waals surface area contributed by atoms with Gasteiger partial charge in [-0.05, 0) is 44.5 Å². The highest BCUT2D eigenvalue weighted by atomic mass is 16.3. The predicted octanol–water partition coefficient (Wildman–Crippen LogP) is 2.87. The molecule has 0 heterocycles. The average molecular weight is 371 g/mol. The Hall–Kier alpha value is -3.22. The van der Waals surface area contributed by atoms with Gasteiger partial charge in [-0.15, -0.1) is 0 Å². The number of nitrogens with one attached hydrogen (secondary N) is 1. The SMILES string of the molecule is CC/C(=N\NC(=O)CN(CC)c1cccc(O)c1)c1ccc(O)c(C)c1O. The van der Waals surface area contributed by atoms with Crippen LogP contribution in [0.4, 0.5) is 5.69 Å². The maximum Gasteiger partial charge on any atom is 0.259 e. The first-order valence-electron chi connectivity index (χ1n) is 8.78. The maximum absolute atomic E-state index is 12.3. The molecule has 27 heavy (non-hydrogen) atoms. The molecule has 0 fully saturated rings. The smallest absolute Gasteiger partial charge is 0.259 e. The van der Waals surface area contributed by atoms with Crippen molar-refractivity contribution in [3.63, 3.8) is 0 Å². The number of likely N-dealkylation sites (N-methyl/N-ethyl adjacent to an activating group) is 1. The number of carbonyl (C=O) groups is 1. The van der Waals surface area contributed by atoms with E-state index in [9.17, 15) is 20.1 Å². The summed E-state index contributed by atoms with van der Waals surface area (Å²) < 4.78 is 0. The van der Waals surface area contributed by atoms with Gasteiger partial charge in [-0.25, -0.2) is 5.43 Å². The summed E-state index contributed by atoms with van der Waals surface area (Å²) in [6, 6.07) is 9.74. The van der Waals surface area contributed by atoms with Crippen molar-refractivity contribution in [1.29, 1.82) is 0 Å². The zero-order chi connectivity index (χ0) is 20.0. The lowest BCUT2D eigenvalue weighted by atomic mass is 10.0. The second-order valence-corrected chi connectivity index (χ2v) is 6.09. The van der Waals surface area contributed by atoms with E-state index in [1.807, 2.05) is 19.9 Å². The first-order valence-corrected chi connectivity index (χ1v) is 8.78. The number of hydrogen-bond donors (Lipinski definition) is 4. The van der Waals surface area contributed by atoms with Crippen LogP contribution in [0.25, 0.3) is 0 Å². The second kappa shape index (κ2) is 8.93. The summed E-state index contributed by atoms with van der Waals surface area (Å²) in [5, 5.41) is 33.6. The van der Waals surface area contributed by atoms with Gasteiger partial charge in [0.1, 0.15) is 17.2 Å². The van der Waals surface area contributed by atoms with E-state index in [1.165, 1.54) is 6.07 Å². The van der Waals surface area contributed by atoms with Crippen LogP contribution in [-0.4, -0.2) is 40.0 Å². The Morgan fingerprint density at radius 3 is 2.52 bits per heavy atom. The molecule has 0 aliphatic rings. The Balaban J connectivity index is 2.13. The van der Waals surface area contributed by atoms with Gasteiger partial charge in [0, 0.05) is 29.4 Å². The molecule has 0 bridgehead atoms. The molecule has 7 heteroatoms. The number of aromatic hydroxyl groups is 3. The summed E-state index contributed by atoms with van der Waals surface area (Å²) in [5.41, 5.74) is 4.58. The van der Waals surface area contributed by atoms with Crippen LogP contribution in [0.15, 0.2) is 41.5 Å². The fourth-order valence-electron chi connectivity index (χ4n) is 2.67. The Bertz CT molecular complexity index is 849. The predicted molar refractivity (Wildman–Crippen MR) is 105 cm³/mol. The Morgan fingerprint density at radius 1 is 1.15 bits per heavy atom. The third-order valence-electron chi connectivity index (χ3n) is 4.27. The molecule has 2 aromatic rings. The summed E-state index contributed by atoms with van der Waals surface area (Å²) in [6.45, 7) is 6.03. The van der Waals surface area contributed by atoms with E-state index < -0.39 is 0 Å². The molecule has 7 nitrogen and oxygen atoms in total. The molecular weight excluding hydrogens is 346 g/mol. The summed E-state index contributed by atoms with van der Waals surface area (Å²) in [4.78, 5) is 14.1. The van der Waals surface area contributed by atoms with E-state index in [4.69, 9.17) is 0 Å². The Morgan fingerprint density at radius 2 is 1.89 bits per heavy atom. The summed E-state index contributed by atoms with van der Waals surface area (Å²) >= 11 is 0. The Kier molecular flexibility index (Phi) is 6.65. The molecule has 0 saturated heterocycles. The molecule has 4 N–H and O–H groups in total. The number of carbonyl (C=O) groups excluding carboxylic acids is 1. The third-order valence-corrected chi connectivity index (χ3v) is 4.27. The zero-order valence-corrected chi connectivity index (χ0v) is 15.7. The average Bonchev–Trinajstić information content (AvgIpc) is 2.66. The minimum Gasteiger partial charge on any atom is -0.508 e. The molecule has 2 aromatic carbocycles. The van der Waals surface area contributed by atoms with Gasteiger partial charge in [-0.2, -0.15) is 5.10 Å². The van der Waals surface area contributed by atoms with Crippen molar-refractivity contribution in [1.82, 2.24) is 5.43 Å². The van der Waals surface area contributed by atoms with E-state index in [0.29, 0.717) is 29.8 Å². The topological polar surface area (TPSA) is 105 Å². The Labute approximate surface area is 158 Å². The van der Waals surface area contributed by atoms with E-state index in [0.717, 1.165) is 5.69 Å². The molecule has 144 valence electrons. The molecule has 0 aliphatic carbocycles. The van der Waals surface area contributed by atoms with Gasteiger partial charge in [0.25, 0.3) is 5.91 Å². The van der Waals surface area contributed by atoms with E-state index >= 15 is 0 Å². The number of rotatable bonds is 7. The first-order chi connectivity index (χ1) is 12.9. The number of nitrogens with zero attached hydrogens (tertiary/aromatic N) is 2. The summed E-state index contributed by atoms with van der Waals surface area (Å²) in [7, 11) is 0. The molecule has 0 spiro atoms. The molecule has 0 aliphatic heterocycles. The number of benzene rings is 2. The molecule has 2 rings (SSSR count). The van der Waals surface area contributed by atoms with Crippen molar-refractivity contribution in [2.24, 2.45) is 5.10 Å². The lowest BCUT2D eigenvalue weighted by molar-refractivity contribution is -0.119. The molecular formula is C20H25N3O4. The van der Waals surface area contributed by atoms with Crippen molar-refractivity contribution < 1.29 is 20.1 Å².